The zero-order valence-electron chi connectivity index (χ0n) is 16.5. The lowest BCUT2D eigenvalue weighted by Crippen LogP contribution is -2.35. The Kier molecular flexibility index (Phi) is 6.69. The second-order valence-corrected chi connectivity index (χ2v) is 7.41. The SMILES string of the molecule is COc1cccc(NC(=O)C2CCC(C(=O)NCc3ccccc3C)CC2)c1. The Bertz CT molecular complexity index is 826. The minimum atomic E-state index is -0.0494. The van der Waals surface area contributed by atoms with Gasteiger partial charge in [-0.25, -0.2) is 0 Å². The van der Waals surface area contributed by atoms with Crippen molar-refractivity contribution < 1.29 is 14.3 Å². The molecule has 5 nitrogen and oxygen atoms in total. The average molecular weight is 380 g/mol. The number of benzene rings is 2. The van der Waals surface area contributed by atoms with Gasteiger partial charge in [-0.2, -0.15) is 0 Å². The van der Waals surface area contributed by atoms with Crippen LogP contribution < -0.4 is 15.4 Å². The van der Waals surface area contributed by atoms with Gasteiger partial charge in [0.1, 0.15) is 5.75 Å². The molecule has 0 heterocycles. The van der Waals surface area contributed by atoms with Crippen molar-refractivity contribution >= 4 is 17.5 Å². The molecule has 0 aromatic heterocycles. The van der Waals surface area contributed by atoms with E-state index in [2.05, 4.69) is 10.6 Å². The van der Waals surface area contributed by atoms with Gasteiger partial charge in [-0.3, -0.25) is 9.59 Å². The number of hydrogen-bond donors (Lipinski definition) is 2. The molecule has 0 bridgehead atoms. The summed E-state index contributed by atoms with van der Waals surface area (Å²) in [6.45, 7) is 2.61. The van der Waals surface area contributed by atoms with Gasteiger partial charge >= 0.3 is 0 Å². The van der Waals surface area contributed by atoms with Crippen LogP contribution >= 0.6 is 0 Å². The summed E-state index contributed by atoms with van der Waals surface area (Å²) >= 11 is 0. The van der Waals surface area contributed by atoms with E-state index in [0.717, 1.165) is 36.9 Å². The monoisotopic (exact) mass is 380 g/mol. The molecule has 0 atom stereocenters. The smallest absolute Gasteiger partial charge is 0.227 e. The first-order valence-corrected chi connectivity index (χ1v) is 9.84. The average Bonchev–Trinajstić information content (AvgIpc) is 2.73. The number of ether oxygens (including phenoxy) is 1. The summed E-state index contributed by atoms with van der Waals surface area (Å²) in [4.78, 5) is 25.0. The molecule has 148 valence electrons. The minimum Gasteiger partial charge on any atom is -0.497 e. The molecule has 1 saturated carbocycles. The molecule has 0 spiro atoms. The number of hydrogen-bond acceptors (Lipinski definition) is 3. The fourth-order valence-corrected chi connectivity index (χ4v) is 3.70. The Labute approximate surface area is 166 Å². The summed E-state index contributed by atoms with van der Waals surface area (Å²) in [6.07, 6.45) is 2.96. The van der Waals surface area contributed by atoms with Gasteiger partial charge in [-0.1, -0.05) is 30.3 Å². The molecule has 0 aliphatic heterocycles. The van der Waals surface area contributed by atoms with Gasteiger partial charge < -0.3 is 15.4 Å². The van der Waals surface area contributed by atoms with Gasteiger partial charge in [0, 0.05) is 30.1 Å². The minimum absolute atomic E-state index is 0.00936. The van der Waals surface area contributed by atoms with Crippen molar-refractivity contribution in [3.05, 3.63) is 59.7 Å². The molecule has 3 rings (SSSR count). The highest BCUT2D eigenvalue weighted by Gasteiger charge is 2.29. The van der Waals surface area contributed by atoms with Gasteiger partial charge in [0.05, 0.1) is 7.11 Å². The van der Waals surface area contributed by atoms with E-state index in [1.807, 2.05) is 55.5 Å². The normalized spacial score (nSPS) is 18.9. The third kappa shape index (κ3) is 5.12. The predicted octanol–water partition coefficient (Wildman–Crippen LogP) is 4.06. The summed E-state index contributed by atoms with van der Waals surface area (Å²) < 4.78 is 5.19. The van der Waals surface area contributed by atoms with E-state index in [-0.39, 0.29) is 23.7 Å². The summed E-state index contributed by atoms with van der Waals surface area (Å²) in [5, 5.41) is 6.02. The second kappa shape index (κ2) is 9.40. The lowest BCUT2D eigenvalue weighted by molar-refractivity contribution is -0.128. The first-order chi connectivity index (χ1) is 13.6. The van der Waals surface area contributed by atoms with Crippen molar-refractivity contribution in [2.75, 3.05) is 12.4 Å². The van der Waals surface area contributed by atoms with Crippen LogP contribution in [0.4, 0.5) is 5.69 Å². The highest BCUT2D eigenvalue weighted by molar-refractivity contribution is 5.93. The molecule has 0 radical (unpaired) electrons. The third-order valence-electron chi connectivity index (χ3n) is 5.52. The van der Waals surface area contributed by atoms with E-state index < -0.39 is 0 Å². The number of carbonyl (C=O) groups excluding carboxylic acids is 2. The summed E-state index contributed by atoms with van der Waals surface area (Å²) in [5.74, 6) is 0.769. The molecule has 0 saturated heterocycles. The van der Waals surface area contributed by atoms with E-state index in [0.29, 0.717) is 12.3 Å². The quantitative estimate of drug-likeness (QED) is 0.794. The van der Waals surface area contributed by atoms with Crippen molar-refractivity contribution in [3.8, 4) is 5.75 Å². The maximum atomic E-state index is 12.5. The Balaban J connectivity index is 1.46. The lowest BCUT2D eigenvalue weighted by atomic mass is 9.81. The number of nitrogens with one attached hydrogen (secondary N) is 2. The molecular weight excluding hydrogens is 352 g/mol. The summed E-state index contributed by atoms with van der Waals surface area (Å²) in [6, 6.07) is 15.4. The molecule has 28 heavy (non-hydrogen) atoms. The van der Waals surface area contributed by atoms with E-state index in [4.69, 9.17) is 4.74 Å². The maximum Gasteiger partial charge on any atom is 0.227 e. The molecule has 5 heteroatoms. The van der Waals surface area contributed by atoms with Crippen LogP contribution in [0.2, 0.25) is 0 Å². The Morgan fingerprint density at radius 2 is 1.64 bits per heavy atom. The van der Waals surface area contributed by atoms with Crippen LogP contribution in [0.3, 0.4) is 0 Å². The molecule has 2 aromatic rings. The Morgan fingerprint density at radius 3 is 2.32 bits per heavy atom. The van der Waals surface area contributed by atoms with Crippen molar-refractivity contribution in [3.63, 3.8) is 0 Å². The number of rotatable bonds is 6. The van der Waals surface area contributed by atoms with E-state index in [1.54, 1.807) is 7.11 Å². The predicted molar refractivity (Wildman–Crippen MR) is 110 cm³/mol. The Hall–Kier alpha value is -2.82. The van der Waals surface area contributed by atoms with Crippen LogP contribution in [0.25, 0.3) is 0 Å². The number of anilines is 1. The van der Waals surface area contributed by atoms with Crippen LogP contribution in [-0.2, 0) is 16.1 Å². The molecule has 1 fully saturated rings. The van der Waals surface area contributed by atoms with Crippen LogP contribution in [0.5, 0.6) is 5.75 Å². The van der Waals surface area contributed by atoms with Gasteiger partial charge in [0.15, 0.2) is 0 Å². The summed E-state index contributed by atoms with van der Waals surface area (Å²) in [7, 11) is 1.60. The largest absolute Gasteiger partial charge is 0.497 e. The topological polar surface area (TPSA) is 67.4 Å². The van der Waals surface area contributed by atoms with Gasteiger partial charge in [0.2, 0.25) is 11.8 Å². The first kappa shape index (κ1) is 19.9. The van der Waals surface area contributed by atoms with E-state index in [1.165, 1.54) is 5.56 Å². The highest BCUT2D eigenvalue weighted by Crippen LogP contribution is 2.30. The van der Waals surface area contributed by atoms with Crippen molar-refractivity contribution in [1.29, 1.82) is 0 Å². The molecular formula is C23H28N2O3. The van der Waals surface area contributed by atoms with Gasteiger partial charge in [0.25, 0.3) is 0 Å². The fourth-order valence-electron chi connectivity index (χ4n) is 3.70. The molecule has 2 N–H and O–H groups in total. The van der Waals surface area contributed by atoms with Gasteiger partial charge in [-0.15, -0.1) is 0 Å². The number of amides is 2. The van der Waals surface area contributed by atoms with Crippen molar-refractivity contribution in [2.24, 2.45) is 11.8 Å². The third-order valence-corrected chi connectivity index (χ3v) is 5.52. The molecule has 2 aromatic carbocycles. The van der Waals surface area contributed by atoms with Crippen LogP contribution in [0.1, 0.15) is 36.8 Å². The fraction of sp³-hybridized carbons (Fsp3) is 0.391. The van der Waals surface area contributed by atoms with Crippen LogP contribution in [0.15, 0.2) is 48.5 Å². The van der Waals surface area contributed by atoms with Crippen LogP contribution in [-0.4, -0.2) is 18.9 Å². The van der Waals surface area contributed by atoms with Crippen molar-refractivity contribution in [2.45, 2.75) is 39.2 Å². The van der Waals surface area contributed by atoms with Crippen LogP contribution in [0, 0.1) is 18.8 Å². The Morgan fingerprint density at radius 1 is 0.964 bits per heavy atom. The second-order valence-electron chi connectivity index (χ2n) is 7.41. The van der Waals surface area contributed by atoms with E-state index in [9.17, 15) is 9.59 Å². The zero-order chi connectivity index (χ0) is 19.9. The molecule has 1 aliphatic rings. The standard InChI is InChI=1S/C23H28N2O3/c1-16-6-3-4-7-19(16)15-24-22(26)17-10-12-18(13-11-17)23(27)25-20-8-5-9-21(14-20)28-2/h3-9,14,17-18H,10-13,15H2,1-2H3,(H,24,26)(H,25,27). The molecule has 2 amide bonds. The highest BCUT2D eigenvalue weighted by atomic mass is 16.5. The van der Waals surface area contributed by atoms with Gasteiger partial charge in [-0.05, 0) is 55.9 Å². The number of aryl methyl sites for hydroxylation is 1. The number of carbonyl (C=O) groups is 2. The number of methoxy groups -OCH3 is 1. The molecule has 0 unspecified atom stereocenters. The van der Waals surface area contributed by atoms with Crippen molar-refractivity contribution in [1.82, 2.24) is 5.32 Å². The lowest BCUT2D eigenvalue weighted by Gasteiger charge is -2.27. The zero-order valence-corrected chi connectivity index (χ0v) is 16.5. The first-order valence-electron chi connectivity index (χ1n) is 9.84. The maximum absolute atomic E-state index is 12.5. The molecule has 1 aliphatic carbocycles. The summed E-state index contributed by atoms with van der Waals surface area (Å²) in [5.41, 5.74) is 3.06. The van der Waals surface area contributed by atoms with E-state index >= 15 is 0 Å².